The quantitative estimate of drug-likeness (QED) is 0.556. The second-order valence-corrected chi connectivity index (χ2v) is 10.4. The zero-order valence-electron chi connectivity index (χ0n) is 21.7. The van der Waals surface area contributed by atoms with Gasteiger partial charge in [0.2, 0.25) is 5.91 Å². The van der Waals surface area contributed by atoms with Crippen LogP contribution in [0.1, 0.15) is 48.2 Å². The summed E-state index contributed by atoms with van der Waals surface area (Å²) < 4.78 is 14.2. The van der Waals surface area contributed by atoms with Gasteiger partial charge in [0, 0.05) is 42.9 Å². The summed E-state index contributed by atoms with van der Waals surface area (Å²) in [4.78, 5) is 28.0. The van der Waals surface area contributed by atoms with Crippen molar-refractivity contribution in [3.8, 4) is 5.75 Å². The maximum absolute atomic E-state index is 13.3. The van der Waals surface area contributed by atoms with E-state index in [4.69, 9.17) is 9.47 Å². The molecule has 2 aromatic carbocycles. The molecule has 1 fully saturated rings. The highest BCUT2D eigenvalue weighted by Crippen LogP contribution is 2.38. The maximum Gasteiger partial charge on any atom is 0.255 e. The minimum Gasteiger partial charge on any atom is -0.492 e. The fourth-order valence-corrected chi connectivity index (χ4v) is 5.64. The van der Waals surface area contributed by atoms with Gasteiger partial charge in [-0.15, -0.1) is 0 Å². The normalized spacial score (nSPS) is 19.1. The minimum atomic E-state index is -0.140. The molecule has 1 saturated heterocycles. The molecule has 7 heteroatoms. The average Bonchev–Trinajstić information content (AvgIpc) is 3.23. The lowest BCUT2D eigenvalue weighted by Gasteiger charge is -2.42. The van der Waals surface area contributed by atoms with Crippen LogP contribution in [0.4, 0.5) is 0 Å². The van der Waals surface area contributed by atoms with Gasteiger partial charge in [-0.05, 0) is 62.3 Å². The van der Waals surface area contributed by atoms with E-state index in [0.717, 1.165) is 56.4 Å². The number of hydrogen-bond acceptors (Lipinski definition) is 4. The Morgan fingerprint density at radius 3 is 2.65 bits per heavy atom. The smallest absolute Gasteiger partial charge is 0.255 e. The highest BCUT2D eigenvalue weighted by Gasteiger charge is 2.37. The summed E-state index contributed by atoms with van der Waals surface area (Å²) in [6.07, 6.45) is 4.83. The van der Waals surface area contributed by atoms with Gasteiger partial charge >= 0.3 is 0 Å². The van der Waals surface area contributed by atoms with Gasteiger partial charge in [0.1, 0.15) is 12.3 Å². The van der Waals surface area contributed by atoms with Crippen molar-refractivity contribution >= 4 is 22.7 Å². The number of fused-ring (bicyclic) bond motifs is 2. The molecule has 3 heterocycles. The molecule has 0 bridgehead atoms. The number of carbonyl (C=O) groups excluding carboxylic acids is 2. The average molecular weight is 504 g/mol. The Morgan fingerprint density at radius 1 is 1.00 bits per heavy atom. The van der Waals surface area contributed by atoms with Gasteiger partial charge < -0.3 is 24.3 Å². The lowest BCUT2D eigenvalue weighted by Crippen LogP contribution is -2.46. The molecular weight excluding hydrogens is 466 g/mol. The number of rotatable bonds is 2. The molecule has 1 N–H and O–H groups in total. The van der Waals surface area contributed by atoms with Crippen molar-refractivity contribution in [3.05, 3.63) is 65.9 Å². The van der Waals surface area contributed by atoms with Gasteiger partial charge in [-0.1, -0.05) is 36.8 Å². The number of likely N-dealkylation sites (tertiary alicyclic amines) is 1. The highest BCUT2D eigenvalue weighted by atomic mass is 16.5. The first kappa shape index (κ1) is 25.3. The van der Waals surface area contributed by atoms with Crippen LogP contribution in [0.3, 0.4) is 0 Å². The van der Waals surface area contributed by atoms with E-state index in [-0.39, 0.29) is 17.2 Å². The third-order valence-corrected chi connectivity index (χ3v) is 7.93. The minimum absolute atomic E-state index is 0.0272. The van der Waals surface area contributed by atoms with Crippen LogP contribution >= 0.6 is 0 Å². The number of nitrogens with one attached hydrogen (secondary N) is 1. The Hall–Kier alpha value is -3.32. The summed E-state index contributed by atoms with van der Waals surface area (Å²) in [5.41, 5.74) is 2.73. The molecule has 0 atom stereocenters. The molecule has 5 rings (SSSR count). The Labute approximate surface area is 218 Å². The zero-order chi connectivity index (χ0) is 25.7. The Morgan fingerprint density at radius 2 is 1.78 bits per heavy atom. The number of carbonyl (C=O) groups is 2. The van der Waals surface area contributed by atoms with Crippen molar-refractivity contribution in [2.24, 2.45) is 5.41 Å². The number of amides is 2. The topological polar surface area (TPSA) is 72.8 Å². The molecule has 0 aliphatic carbocycles. The molecule has 2 aliphatic heterocycles. The van der Waals surface area contributed by atoms with Gasteiger partial charge in [0.25, 0.3) is 5.91 Å². The van der Waals surface area contributed by atoms with Gasteiger partial charge in [-0.25, -0.2) is 0 Å². The Bertz CT molecular complexity index is 1240. The van der Waals surface area contributed by atoms with E-state index in [9.17, 15) is 9.59 Å². The third-order valence-electron chi connectivity index (χ3n) is 7.93. The molecule has 1 spiro atoms. The van der Waals surface area contributed by atoms with Gasteiger partial charge in [-0.3, -0.25) is 9.59 Å². The van der Waals surface area contributed by atoms with Crippen molar-refractivity contribution in [2.75, 3.05) is 39.5 Å². The van der Waals surface area contributed by atoms with Gasteiger partial charge in [0.05, 0.1) is 18.8 Å². The molecule has 1 aromatic heterocycles. The number of aromatic nitrogens is 1. The van der Waals surface area contributed by atoms with Crippen molar-refractivity contribution in [2.45, 2.75) is 45.6 Å². The number of ether oxygens (including phenoxy) is 2. The first-order chi connectivity index (χ1) is 18.0. The second kappa shape index (κ2) is 11.4. The van der Waals surface area contributed by atoms with Gasteiger partial charge in [0.15, 0.2) is 0 Å². The van der Waals surface area contributed by atoms with Crippen LogP contribution in [-0.4, -0.2) is 60.7 Å². The van der Waals surface area contributed by atoms with E-state index in [1.54, 1.807) is 6.07 Å². The molecule has 196 valence electrons. The Kier molecular flexibility index (Phi) is 7.79. The Balaban J connectivity index is 1.27. The molecular formula is C30H37N3O4. The molecule has 3 aromatic rings. The fourth-order valence-electron chi connectivity index (χ4n) is 5.64. The van der Waals surface area contributed by atoms with E-state index in [2.05, 4.69) is 35.0 Å². The molecule has 2 aliphatic rings. The van der Waals surface area contributed by atoms with Crippen molar-refractivity contribution < 1.29 is 19.1 Å². The summed E-state index contributed by atoms with van der Waals surface area (Å²) in [5.74, 6) is 0.640. The third kappa shape index (κ3) is 5.82. The number of benzene rings is 2. The molecule has 7 nitrogen and oxygen atoms in total. The number of para-hydroxylation sites is 2. The first-order valence-corrected chi connectivity index (χ1v) is 13.5. The van der Waals surface area contributed by atoms with E-state index >= 15 is 0 Å². The van der Waals surface area contributed by atoms with Crippen molar-refractivity contribution in [1.82, 2.24) is 14.8 Å². The molecule has 2 amide bonds. The number of piperidine rings is 1. The number of hydrogen-bond donors (Lipinski definition) is 1. The van der Waals surface area contributed by atoms with Crippen LogP contribution in [0, 0.1) is 12.3 Å². The van der Waals surface area contributed by atoms with Crippen LogP contribution in [0.2, 0.25) is 0 Å². The van der Waals surface area contributed by atoms with E-state index in [1.165, 1.54) is 5.39 Å². The van der Waals surface area contributed by atoms with Crippen LogP contribution in [0.5, 0.6) is 5.75 Å². The zero-order valence-corrected chi connectivity index (χ0v) is 21.7. The summed E-state index contributed by atoms with van der Waals surface area (Å²) in [5, 5.41) is 4.09. The monoisotopic (exact) mass is 503 g/mol. The fraction of sp³-hybridized carbons (Fsp3) is 0.467. The highest BCUT2D eigenvalue weighted by molar-refractivity contribution is 5.96. The summed E-state index contributed by atoms with van der Waals surface area (Å²) in [7, 11) is 0. The molecule has 0 saturated carbocycles. The van der Waals surface area contributed by atoms with Gasteiger partial charge in [-0.2, -0.15) is 0 Å². The summed E-state index contributed by atoms with van der Waals surface area (Å²) in [6, 6.07) is 17.8. The summed E-state index contributed by atoms with van der Waals surface area (Å²) in [6.45, 7) is 6.10. The lowest BCUT2D eigenvalue weighted by atomic mass is 9.75. The maximum atomic E-state index is 13.3. The molecule has 37 heavy (non-hydrogen) atoms. The number of aryl methyl sites for hydroxylation is 1. The van der Waals surface area contributed by atoms with Crippen LogP contribution < -0.4 is 10.1 Å². The van der Waals surface area contributed by atoms with Crippen LogP contribution in [0.15, 0.2) is 54.6 Å². The lowest BCUT2D eigenvalue weighted by molar-refractivity contribution is -0.134. The van der Waals surface area contributed by atoms with Crippen LogP contribution in [0.25, 0.3) is 10.9 Å². The first-order valence-electron chi connectivity index (χ1n) is 13.5. The largest absolute Gasteiger partial charge is 0.492 e. The number of nitrogens with zero attached hydrogens (tertiary/aromatic N) is 2. The molecule has 0 unspecified atom stereocenters. The van der Waals surface area contributed by atoms with E-state index in [0.29, 0.717) is 44.2 Å². The predicted octanol–water partition coefficient (Wildman–Crippen LogP) is 4.57. The van der Waals surface area contributed by atoms with E-state index in [1.807, 2.05) is 35.2 Å². The summed E-state index contributed by atoms with van der Waals surface area (Å²) >= 11 is 0. The van der Waals surface area contributed by atoms with Crippen LogP contribution in [-0.2, 0) is 16.1 Å². The second-order valence-electron chi connectivity index (χ2n) is 10.4. The van der Waals surface area contributed by atoms with E-state index < -0.39 is 0 Å². The standard InChI is InChI=1S/C30H37N3O4/c1-23-20-24-8-2-4-10-26(24)33(23)21-28(34)32-16-13-30(14-17-32)12-6-7-18-36-19-15-31-29(35)25-9-3-5-11-27(25)37-22-30/h2-5,8-11,20H,6-7,12-19,21-22H2,1H3,(H,31,35). The van der Waals surface area contributed by atoms with Crippen molar-refractivity contribution in [3.63, 3.8) is 0 Å². The SMILES string of the molecule is Cc1cc2ccccc2n1CC(=O)N1CCC2(CCCCOCCNC(=O)c3ccccc3OC2)CC1. The predicted molar refractivity (Wildman–Crippen MR) is 144 cm³/mol. The van der Waals surface area contributed by atoms with Crippen molar-refractivity contribution in [1.29, 1.82) is 0 Å². The molecule has 0 radical (unpaired) electrons.